The van der Waals surface area contributed by atoms with E-state index in [0.29, 0.717) is 23.0 Å². The summed E-state index contributed by atoms with van der Waals surface area (Å²) in [6.07, 6.45) is 6.44. The van der Waals surface area contributed by atoms with Crippen LogP contribution in [-0.4, -0.2) is 23.9 Å². The second-order valence-corrected chi connectivity index (χ2v) is 11.7. The van der Waals surface area contributed by atoms with E-state index in [-0.39, 0.29) is 34.7 Å². The van der Waals surface area contributed by atoms with Crippen LogP contribution >= 0.6 is 0 Å². The van der Waals surface area contributed by atoms with Gasteiger partial charge in [0.15, 0.2) is 0 Å². The van der Waals surface area contributed by atoms with Crippen LogP contribution in [0.2, 0.25) is 0 Å². The number of carbonyl (C=O) groups excluding carboxylic acids is 2. The van der Waals surface area contributed by atoms with E-state index in [1.165, 1.54) is 12.8 Å². The molecule has 4 atom stereocenters. The Balaban J connectivity index is 1.64. The van der Waals surface area contributed by atoms with Crippen LogP contribution < -0.4 is 10.6 Å². The molecular formula is C26H40N2O2. The third-order valence-corrected chi connectivity index (χ3v) is 6.83. The molecule has 4 heteroatoms. The monoisotopic (exact) mass is 412 g/mol. The number of carbonyl (C=O) groups is 2. The maximum atomic E-state index is 12.9. The van der Waals surface area contributed by atoms with Crippen molar-refractivity contribution in [3.8, 4) is 0 Å². The highest BCUT2D eigenvalue weighted by atomic mass is 16.2. The second-order valence-electron chi connectivity index (χ2n) is 11.7. The zero-order chi connectivity index (χ0) is 22.1. The number of benzene rings is 1. The summed E-state index contributed by atoms with van der Waals surface area (Å²) in [6, 6.07) is 7.54. The van der Waals surface area contributed by atoms with Gasteiger partial charge in [-0.05, 0) is 79.4 Å². The van der Waals surface area contributed by atoms with Crippen LogP contribution in [0.3, 0.4) is 0 Å². The van der Waals surface area contributed by atoms with E-state index in [1.807, 2.05) is 6.07 Å². The van der Waals surface area contributed by atoms with Crippen LogP contribution in [0.15, 0.2) is 24.3 Å². The Labute approximate surface area is 182 Å². The molecule has 0 aliphatic heterocycles. The molecule has 2 fully saturated rings. The SMILES string of the molecule is C[C@@H]1C[C@@H](NC(=O)c2cccc(C(=O)N[C@H]3C[C@@H](C)CC(C)(C)C3)c2)CC(C)(C)C1. The first kappa shape index (κ1) is 22.8. The molecule has 1 aromatic rings. The van der Waals surface area contributed by atoms with E-state index in [4.69, 9.17) is 0 Å². The lowest BCUT2D eigenvalue weighted by Crippen LogP contribution is -2.43. The molecule has 166 valence electrons. The van der Waals surface area contributed by atoms with Gasteiger partial charge in [-0.1, -0.05) is 47.6 Å². The topological polar surface area (TPSA) is 58.2 Å². The van der Waals surface area contributed by atoms with Crippen molar-refractivity contribution in [1.82, 2.24) is 10.6 Å². The Morgan fingerprint density at radius 2 is 1.17 bits per heavy atom. The molecule has 0 radical (unpaired) electrons. The van der Waals surface area contributed by atoms with Gasteiger partial charge in [0.05, 0.1) is 0 Å². The summed E-state index contributed by atoms with van der Waals surface area (Å²) in [5, 5.41) is 6.43. The van der Waals surface area contributed by atoms with Crippen LogP contribution in [0.4, 0.5) is 0 Å². The Bertz CT molecular complexity index is 722. The molecule has 0 spiro atoms. The summed E-state index contributed by atoms with van der Waals surface area (Å²) < 4.78 is 0. The van der Waals surface area contributed by atoms with Crippen molar-refractivity contribution in [1.29, 1.82) is 0 Å². The summed E-state index contributed by atoms with van der Waals surface area (Å²) in [4.78, 5) is 25.8. The lowest BCUT2D eigenvalue weighted by Gasteiger charge is -2.39. The molecule has 4 nitrogen and oxygen atoms in total. The first-order chi connectivity index (χ1) is 13.9. The summed E-state index contributed by atoms with van der Waals surface area (Å²) in [6.45, 7) is 13.6. The van der Waals surface area contributed by atoms with Crippen molar-refractivity contribution in [2.45, 2.75) is 92.2 Å². The molecule has 0 saturated heterocycles. The number of hydrogen-bond donors (Lipinski definition) is 2. The van der Waals surface area contributed by atoms with Gasteiger partial charge in [-0.15, -0.1) is 0 Å². The largest absolute Gasteiger partial charge is 0.349 e. The quantitative estimate of drug-likeness (QED) is 0.678. The number of rotatable bonds is 4. The third kappa shape index (κ3) is 6.09. The minimum Gasteiger partial charge on any atom is -0.349 e. The lowest BCUT2D eigenvalue weighted by atomic mass is 9.70. The normalized spacial score (nSPS) is 30.3. The minimum absolute atomic E-state index is 0.0769. The molecule has 2 N–H and O–H groups in total. The predicted molar refractivity (Wildman–Crippen MR) is 123 cm³/mol. The van der Waals surface area contributed by atoms with Gasteiger partial charge < -0.3 is 10.6 Å². The van der Waals surface area contributed by atoms with E-state index >= 15 is 0 Å². The van der Waals surface area contributed by atoms with Gasteiger partial charge in [0.25, 0.3) is 11.8 Å². The van der Waals surface area contributed by atoms with E-state index in [0.717, 1.165) is 25.7 Å². The van der Waals surface area contributed by atoms with Gasteiger partial charge in [0, 0.05) is 23.2 Å². The lowest BCUT2D eigenvalue weighted by molar-refractivity contribution is 0.0871. The van der Waals surface area contributed by atoms with E-state index in [1.54, 1.807) is 18.2 Å². The molecule has 30 heavy (non-hydrogen) atoms. The van der Waals surface area contributed by atoms with E-state index in [9.17, 15) is 9.59 Å². The molecule has 2 aliphatic rings. The van der Waals surface area contributed by atoms with E-state index < -0.39 is 0 Å². The number of hydrogen-bond acceptors (Lipinski definition) is 2. The molecule has 3 rings (SSSR count). The van der Waals surface area contributed by atoms with Gasteiger partial charge in [0.2, 0.25) is 0 Å². The Hall–Kier alpha value is -1.84. The maximum Gasteiger partial charge on any atom is 0.251 e. The van der Waals surface area contributed by atoms with Crippen LogP contribution in [-0.2, 0) is 0 Å². The van der Waals surface area contributed by atoms with Crippen molar-refractivity contribution in [2.75, 3.05) is 0 Å². The summed E-state index contributed by atoms with van der Waals surface area (Å²) >= 11 is 0. The molecule has 0 bridgehead atoms. The zero-order valence-corrected chi connectivity index (χ0v) is 19.7. The number of amides is 2. The first-order valence-electron chi connectivity index (χ1n) is 11.6. The first-order valence-corrected chi connectivity index (χ1v) is 11.6. The molecule has 0 heterocycles. The van der Waals surface area contributed by atoms with Crippen molar-refractivity contribution in [2.24, 2.45) is 22.7 Å². The smallest absolute Gasteiger partial charge is 0.251 e. The fraction of sp³-hybridized carbons (Fsp3) is 0.692. The highest BCUT2D eigenvalue weighted by molar-refractivity contribution is 5.99. The van der Waals surface area contributed by atoms with Gasteiger partial charge >= 0.3 is 0 Å². The Kier molecular flexibility index (Phi) is 6.64. The standard InChI is InChI=1S/C26H40N2O2/c1-17-10-21(15-25(3,4)13-17)27-23(29)19-8-7-9-20(12-19)24(30)28-22-11-18(2)14-26(5,6)16-22/h7-9,12,17-18,21-22H,10-11,13-16H2,1-6H3,(H,27,29)(H,28,30)/t17-,18-,21-,22+/m1/s1. The van der Waals surface area contributed by atoms with Gasteiger partial charge in [-0.25, -0.2) is 0 Å². The van der Waals surface area contributed by atoms with Gasteiger partial charge in [-0.3, -0.25) is 9.59 Å². The van der Waals surface area contributed by atoms with Gasteiger partial charge in [-0.2, -0.15) is 0 Å². The van der Waals surface area contributed by atoms with Gasteiger partial charge in [0.1, 0.15) is 0 Å². The average molecular weight is 413 g/mol. The third-order valence-electron chi connectivity index (χ3n) is 6.83. The maximum absolute atomic E-state index is 12.9. The van der Waals surface area contributed by atoms with Crippen LogP contribution in [0.1, 0.15) is 101 Å². The van der Waals surface area contributed by atoms with E-state index in [2.05, 4.69) is 52.2 Å². The zero-order valence-electron chi connectivity index (χ0n) is 19.7. The highest BCUT2D eigenvalue weighted by Crippen LogP contribution is 2.39. The molecule has 0 aromatic heterocycles. The van der Waals surface area contributed by atoms with Crippen LogP contribution in [0, 0.1) is 22.7 Å². The Morgan fingerprint density at radius 1 is 0.767 bits per heavy atom. The van der Waals surface area contributed by atoms with Crippen molar-refractivity contribution in [3.05, 3.63) is 35.4 Å². The molecule has 2 saturated carbocycles. The fourth-order valence-corrected chi connectivity index (χ4v) is 6.25. The molecule has 0 unspecified atom stereocenters. The highest BCUT2D eigenvalue weighted by Gasteiger charge is 2.34. The summed E-state index contributed by atoms with van der Waals surface area (Å²) in [5.41, 5.74) is 1.64. The molecule has 1 aromatic carbocycles. The average Bonchev–Trinajstić information content (AvgIpc) is 2.58. The summed E-state index contributed by atoms with van der Waals surface area (Å²) in [5.74, 6) is 1.07. The van der Waals surface area contributed by atoms with Crippen LogP contribution in [0.25, 0.3) is 0 Å². The second kappa shape index (κ2) is 8.72. The molecular weight excluding hydrogens is 372 g/mol. The van der Waals surface area contributed by atoms with Crippen molar-refractivity contribution < 1.29 is 9.59 Å². The molecule has 2 amide bonds. The predicted octanol–water partition coefficient (Wildman–Crippen LogP) is 5.58. The Morgan fingerprint density at radius 3 is 1.53 bits per heavy atom. The molecule has 2 aliphatic carbocycles. The van der Waals surface area contributed by atoms with Crippen molar-refractivity contribution in [3.63, 3.8) is 0 Å². The fourth-order valence-electron chi connectivity index (χ4n) is 6.25. The van der Waals surface area contributed by atoms with Crippen LogP contribution in [0.5, 0.6) is 0 Å². The summed E-state index contributed by atoms with van der Waals surface area (Å²) in [7, 11) is 0. The number of nitrogens with one attached hydrogen (secondary N) is 2. The van der Waals surface area contributed by atoms with Crippen molar-refractivity contribution >= 4 is 11.8 Å². The minimum atomic E-state index is -0.0769.